The zero-order chi connectivity index (χ0) is 10.7. The summed E-state index contributed by atoms with van der Waals surface area (Å²) in [5.74, 6) is 0.0989. The van der Waals surface area contributed by atoms with E-state index in [4.69, 9.17) is 5.26 Å². The van der Waals surface area contributed by atoms with Gasteiger partial charge in [0.2, 0.25) is 11.8 Å². The van der Waals surface area contributed by atoms with Gasteiger partial charge < -0.3 is 0 Å². The number of hydrogen-bond donors (Lipinski definition) is 0. The predicted molar refractivity (Wildman–Crippen MR) is 53.4 cm³/mol. The van der Waals surface area contributed by atoms with Crippen LogP contribution in [0.15, 0.2) is 0 Å². The van der Waals surface area contributed by atoms with Crippen LogP contribution in [0.2, 0.25) is 0 Å². The average Bonchev–Trinajstić information content (AvgIpc) is 2.10. The van der Waals surface area contributed by atoms with Crippen LogP contribution in [0.4, 0.5) is 0 Å². The van der Waals surface area contributed by atoms with Gasteiger partial charge in [-0.1, -0.05) is 13.8 Å². The zero-order valence-corrected chi connectivity index (χ0v) is 9.00. The minimum atomic E-state index is -0.615. The van der Waals surface area contributed by atoms with Gasteiger partial charge in [0.25, 0.3) is 0 Å². The van der Waals surface area contributed by atoms with Crippen molar-refractivity contribution in [2.24, 2.45) is 5.92 Å². The first-order valence-electron chi connectivity index (χ1n) is 4.40. The lowest BCUT2D eigenvalue weighted by atomic mass is 10.0. The number of imide groups is 1. The number of hydrogen-bond acceptors (Lipinski definition) is 4. The van der Waals surface area contributed by atoms with Crippen molar-refractivity contribution in [1.29, 1.82) is 5.26 Å². The Morgan fingerprint density at radius 1 is 1.36 bits per heavy atom. The van der Waals surface area contributed by atoms with Crippen LogP contribution in [0, 0.1) is 17.2 Å². The molecule has 1 rings (SSSR count). The third kappa shape index (κ3) is 2.07. The molecule has 1 aliphatic heterocycles. The number of nitriles is 1. The molecule has 14 heavy (non-hydrogen) atoms. The molecule has 2 amide bonds. The first-order valence-corrected chi connectivity index (χ1v) is 5.55. The molecule has 1 heterocycles. The number of nitrogens with zero attached hydrogens (tertiary/aromatic N) is 2. The van der Waals surface area contributed by atoms with E-state index in [2.05, 4.69) is 0 Å². The molecule has 0 bridgehead atoms. The molecule has 1 unspecified atom stereocenters. The molecule has 0 aromatic rings. The maximum absolute atomic E-state index is 11.4. The van der Waals surface area contributed by atoms with E-state index in [-0.39, 0.29) is 17.7 Å². The Labute approximate surface area is 87.3 Å². The topological polar surface area (TPSA) is 61.2 Å². The molecule has 1 atom stereocenters. The average molecular weight is 212 g/mol. The van der Waals surface area contributed by atoms with Crippen molar-refractivity contribution < 1.29 is 9.59 Å². The van der Waals surface area contributed by atoms with Crippen molar-refractivity contribution in [2.45, 2.75) is 19.9 Å². The lowest BCUT2D eigenvalue weighted by Gasteiger charge is -2.30. The smallest absolute Gasteiger partial charge is 0.240 e. The van der Waals surface area contributed by atoms with E-state index in [1.54, 1.807) is 0 Å². The van der Waals surface area contributed by atoms with Gasteiger partial charge in [0, 0.05) is 0 Å². The van der Waals surface area contributed by atoms with Crippen LogP contribution in [-0.2, 0) is 9.59 Å². The van der Waals surface area contributed by atoms with Crippen molar-refractivity contribution in [2.75, 3.05) is 11.5 Å². The van der Waals surface area contributed by atoms with E-state index in [0.717, 1.165) is 4.90 Å². The molecule has 0 aromatic heterocycles. The van der Waals surface area contributed by atoms with Crippen molar-refractivity contribution in [1.82, 2.24) is 4.90 Å². The highest BCUT2D eigenvalue weighted by molar-refractivity contribution is 8.00. The van der Waals surface area contributed by atoms with Crippen LogP contribution in [0.3, 0.4) is 0 Å². The van der Waals surface area contributed by atoms with Crippen LogP contribution < -0.4 is 0 Å². The predicted octanol–water partition coefficient (Wildman–Crippen LogP) is 0.637. The number of rotatable bonds is 2. The molecule has 1 fully saturated rings. The lowest BCUT2D eigenvalue weighted by Crippen LogP contribution is -2.50. The van der Waals surface area contributed by atoms with E-state index < -0.39 is 6.04 Å². The summed E-state index contributed by atoms with van der Waals surface area (Å²) >= 11 is 1.30. The number of amides is 2. The van der Waals surface area contributed by atoms with E-state index in [0.29, 0.717) is 11.5 Å². The third-order valence-electron chi connectivity index (χ3n) is 2.03. The van der Waals surface area contributed by atoms with Crippen molar-refractivity contribution in [3.63, 3.8) is 0 Å². The zero-order valence-electron chi connectivity index (χ0n) is 8.19. The number of thioether (sulfide) groups is 1. The number of carbonyl (C=O) groups is 2. The lowest BCUT2D eigenvalue weighted by molar-refractivity contribution is -0.144. The van der Waals surface area contributed by atoms with Crippen LogP contribution in [-0.4, -0.2) is 34.3 Å². The Morgan fingerprint density at radius 2 is 1.86 bits per heavy atom. The molecule has 1 saturated heterocycles. The van der Waals surface area contributed by atoms with Crippen LogP contribution in [0.1, 0.15) is 13.8 Å². The molecule has 76 valence electrons. The molecule has 5 heteroatoms. The van der Waals surface area contributed by atoms with Gasteiger partial charge in [-0.3, -0.25) is 14.5 Å². The van der Waals surface area contributed by atoms with Gasteiger partial charge in [0.05, 0.1) is 17.6 Å². The van der Waals surface area contributed by atoms with Gasteiger partial charge in [-0.15, -0.1) is 11.8 Å². The molecule has 0 aliphatic carbocycles. The fraction of sp³-hybridized carbons (Fsp3) is 0.667. The Balaban J connectivity index is 2.87. The van der Waals surface area contributed by atoms with Crippen molar-refractivity contribution >= 4 is 23.6 Å². The summed E-state index contributed by atoms with van der Waals surface area (Å²) in [7, 11) is 0. The molecule has 4 nitrogen and oxygen atoms in total. The van der Waals surface area contributed by atoms with Gasteiger partial charge in [-0.05, 0) is 5.92 Å². The summed E-state index contributed by atoms with van der Waals surface area (Å²) in [5.41, 5.74) is 0. The highest BCUT2D eigenvalue weighted by Crippen LogP contribution is 2.18. The largest absolute Gasteiger partial charge is 0.273 e. The summed E-state index contributed by atoms with van der Waals surface area (Å²) in [5, 5.41) is 8.88. The van der Waals surface area contributed by atoms with Gasteiger partial charge >= 0.3 is 0 Å². The summed E-state index contributed by atoms with van der Waals surface area (Å²) in [6, 6.07) is 1.39. The minimum absolute atomic E-state index is 0.0176. The van der Waals surface area contributed by atoms with Crippen LogP contribution >= 0.6 is 11.8 Å². The van der Waals surface area contributed by atoms with Crippen molar-refractivity contribution in [3.8, 4) is 6.07 Å². The second kappa shape index (κ2) is 4.47. The Bertz CT molecular complexity index is 280. The molecule has 0 spiro atoms. The maximum atomic E-state index is 11.4. The summed E-state index contributed by atoms with van der Waals surface area (Å²) < 4.78 is 0. The monoisotopic (exact) mass is 212 g/mol. The fourth-order valence-electron chi connectivity index (χ4n) is 1.32. The summed E-state index contributed by atoms with van der Waals surface area (Å²) in [6.07, 6.45) is 0. The summed E-state index contributed by atoms with van der Waals surface area (Å²) in [4.78, 5) is 24.0. The molecule has 0 saturated carbocycles. The Morgan fingerprint density at radius 3 is 2.21 bits per heavy atom. The fourth-order valence-corrected chi connectivity index (χ4v) is 2.05. The molecule has 0 aromatic carbocycles. The molecule has 0 radical (unpaired) electrons. The molecular formula is C9H12N2O2S. The maximum Gasteiger partial charge on any atom is 0.240 e. The van der Waals surface area contributed by atoms with Crippen molar-refractivity contribution in [3.05, 3.63) is 0 Å². The normalized spacial score (nSPS) is 19.7. The van der Waals surface area contributed by atoms with E-state index in [1.807, 2.05) is 19.9 Å². The second-order valence-electron chi connectivity index (χ2n) is 3.47. The SMILES string of the molecule is CC(C)C(C#N)N1C(=O)CSCC1=O. The van der Waals surface area contributed by atoms with Gasteiger partial charge in [0.15, 0.2) is 0 Å². The standard InChI is InChI=1S/C9H12N2O2S/c1-6(2)7(3-10)11-8(12)4-14-5-9(11)13/h6-7H,4-5H2,1-2H3. The highest BCUT2D eigenvalue weighted by Gasteiger charge is 2.34. The van der Waals surface area contributed by atoms with Gasteiger partial charge in [0.1, 0.15) is 6.04 Å². The second-order valence-corrected chi connectivity index (χ2v) is 4.45. The molecule has 1 aliphatic rings. The first-order chi connectivity index (χ1) is 6.57. The Hall–Kier alpha value is -1.02. The van der Waals surface area contributed by atoms with Gasteiger partial charge in [-0.2, -0.15) is 5.26 Å². The van der Waals surface area contributed by atoms with Crippen LogP contribution in [0.5, 0.6) is 0 Å². The highest BCUT2D eigenvalue weighted by atomic mass is 32.2. The van der Waals surface area contributed by atoms with Crippen LogP contribution in [0.25, 0.3) is 0 Å². The van der Waals surface area contributed by atoms with E-state index >= 15 is 0 Å². The van der Waals surface area contributed by atoms with E-state index in [1.165, 1.54) is 11.8 Å². The first kappa shape index (κ1) is 11.1. The van der Waals surface area contributed by atoms with E-state index in [9.17, 15) is 9.59 Å². The Kier molecular flexibility index (Phi) is 3.53. The summed E-state index contributed by atoms with van der Waals surface area (Å²) in [6.45, 7) is 3.66. The quantitative estimate of drug-likeness (QED) is 0.630. The minimum Gasteiger partial charge on any atom is -0.273 e. The molecular weight excluding hydrogens is 200 g/mol. The number of carbonyl (C=O) groups excluding carboxylic acids is 2. The molecule has 0 N–H and O–H groups in total. The van der Waals surface area contributed by atoms with Gasteiger partial charge in [-0.25, -0.2) is 0 Å². The third-order valence-corrected chi connectivity index (χ3v) is 2.93.